The van der Waals surface area contributed by atoms with E-state index in [0.717, 1.165) is 12.0 Å². The summed E-state index contributed by atoms with van der Waals surface area (Å²) in [5, 5.41) is 19.2. The van der Waals surface area contributed by atoms with Gasteiger partial charge in [-0.05, 0) is 42.7 Å². The van der Waals surface area contributed by atoms with E-state index in [1.165, 1.54) is 11.1 Å². The maximum atomic E-state index is 9.65. The zero-order valence-electron chi connectivity index (χ0n) is 12.7. The predicted molar refractivity (Wildman–Crippen MR) is 89.0 cm³/mol. The lowest BCUT2D eigenvalue weighted by atomic mass is 9.68. The van der Waals surface area contributed by atoms with Crippen LogP contribution in [0, 0.1) is 0 Å². The van der Waals surface area contributed by atoms with Crippen LogP contribution in [0.3, 0.4) is 0 Å². The molecule has 3 rings (SSSR count). The molecule has 2 nitrogen and oxygen atoms in total. The first kappa shape index (κ1) is 14.5. The molecule has 1 aliphatic rings. The average molecular weight is 292 g/mol. The number of aliphatic hydroxyl groups excluding tert-OH is 1. The van der Waals surface area contributed by atoms with Crippen LogP contribution >= 0.6 is 0 Å². The Morgan fingerprint density at radius 3 is 2.00 bits per heavy atom. The van der Waals surface area contributed by atoms with Gasteiger partial charge in [-0.2, -0.15) is 0 Å². The Balaban J connectivity index is 2.16. The van der Waals surface area contributed by atoms with E-state index in [9.17, 15) is 10.2 Å². The van der Waals surface area contributed by atoms with E-state index in [1.54, 1.807) is 18.2 Å². The molecule has 0 aromatic heterocycles. The second kappa shape index (κ2) is 5.72. The first-order valence-corrected chi connectivity index (χ1v) is 7.55. The molecule has 0 fully saturated rings. The van der Waals surface area contributed by atoms with E-state index in [-0.39, 0.29) is 11.2 Å². The molecule has 2 aromatic rings. The van der Waals surface area contributed by atoms with Crippen molar-refractivity contribution in [2.24, 2.45) is 0 Å². The van der Waals surface area contributed by atoms with Crippen LogP contribution in [0.2, 0.25) is 0 Å². The van der Waals surface area contributed by atoms with Crippen LogP contribution in [0.5, 0.6) is 5.75 Å². The van der Waals surface area contributed by atoms with Crippen LogP contribution in [-0.4, -0.2) is 10.2 Å². The Labute approximate surface area is 131 Å². The fourth-order valence-electron chi connectivity index (χ4n) is 3.15. The van der Waals surface area contributed by atoms with E-state index in [4.69, 9.17) is 0 Å². The van der Waals surface area contributed by atoms with Crippen molar-refractivity contribution in [2.45, 2.75) is 25.2 Å². The molecule has 2 N–H and O–H groups in total. The normalized spacial score (nSPS) is 17.3. The SMILES string of the molecule is CC(C1=CC=C(O)CC1)(c1ccccc1)c1ccc(O)cc1. The Bertz CT molecular complexity index is 711. The second-order valence-corrected chi connectivity index (χ2v) is 5.89. The maximum absolute atomic E-state index is 9.65. The van der Waals surface area contributed by atoms with Gasteiger partial charge >= 0.3 is 0 Å². The van der Waals surface area contributed by atoms with Crippen LogP contribution in [0.1, 0.15) is 30.9 Å². The molecule has 112 valence electrons. The van der Waals surface area contributed by atoms with E-state index >= 15 is 0 Å². The Kier molecular flexibility index (Phi) is 3.76. The lowest BCUT2D eigenvalue weighted by Gasteiger charge is -2.35. The molecule has 2 heteroatoms. The highest BCUT2D eigenvalue weighted by Crippen LogP contribution is 2.42. The summed E-state index contributed by atoms with van der Waals surface area (Å²) in [4.78, 5) is 0. The molecule has 0 spiro atoms. The molecule has 0 saturated heterocycles. The zero-order chi connectivity index (χ0) is 15.6. The molecule has 0 heterocycles. The number of hydrogen-bond acceptors (Lipinski definition) is 2. The number of aliphatic hydroxyl groups is 1. The van der Waals surface area contributed by atoms with E-state index in [1.807, 2.05) is 36.4 Å². The molecular formula is C20H20O2. The monoisotopic (exact) mass is 292 g/mol. The average Bonchev–Trinajstić information content (AvgIpc) is 2.56. The molecular weight excluding hydrogens is 272 g/mol. The fourth-order valence-corrected chi connectivity index (χ4v) is 3.15. The summed E-state index contributed by atoms with van der Waals surface area (Å²) >= 11 is 0. The molecule has 0 radical (unpaired) electrons. The largest absolute Gasteiger partial charge is 0.512 e. The van der Waals surface area contributed by atoms with Crippen molar-refractivity contribution < 1.29 is 10.2 Å². The Hall–Kier alpha value is -2.48. The van der Waals surface area contributed by atoms with E-state index in [0.29, 0.717) is 12.2 Å². The molecule has 0 aliphatic heterocycles. The molecule has 0 amide bonds. The number of allylic oxidation sites excluding steroid dienone is 4. The Morgan fingerprint density at radius 2 is 1.41 bits per heavy atom. The summed E-state index contributed by atoms with van der Waals surface area (Å²) in [5.41, 5.74) is 3.34. The molecule has 1 aliphatic carbocycles. The van der Waals surface area contributed by atoms with Crippen LogP contribution in [0.4, 0.5) is 0 Å². The van der Waals surface area contributed by atoms with Crippen molar-refractivity contribution >= 4 is 0 Å². The standard InChI is InChI=1S/C20H20O2/c1-20(15-5-3-2-4-6-15,16-7-11-18(21)12-8-16)17-9-13-19(22)14-10-17/h2-9,11-13,21-22H,10,14H2,1H3. The van der Waals surface area contributed by atoms with Crippen molar-refractivity contribution in [3.8, 4) is 5.75 Å². The molecule has 1 atom stereocenters. The minimum Gasteiger partial charge on any atom is -0.512 e. The first-order valence-electron chi connectivity index (χ1n) is 7.55. The van der Waals surface area contributed by atoms with Gasteiger partial charge in [0.1, 0.15) is 5.75 Å². The summed E-state index contributed by atoms with van der Waals surface area (Å²) in [6.45, 7) is 2.21. The van der Waals surface area contributed by atoms with Crippen molar-refractivity contribution in [3.05, 3.63) is 89.2 Å². The maximum Gasteiger partial charge on any atom is 0.115 e. The number of aromatic hydroxyl groups is 1. The van der Waals surface area contributed by atoms with Crippen LogP contribution < -0.4 is 0 Å². The minimum absolute atomic E-state index is 0.272. The minimum atomic E-state index is -0.272. The van der Waals surface area contributed by atoms with Gasteiger partial charge < -0.3 is 10.2 Å². The third-order valence-corrected chi connectivity index (χ3v) is 4.57. The lowest BCUT2D eigenvalue weighted by Crippen LogP contribution is -2.27. The van der Waals surface area contributed by atoms with Gasteiger partial charge in [0.25, 0.3) is 0 Å². The van der Waals surface area contributed by atoms with Gasteiger partial charge in [-0.1, -0.05) is 54.1 Å². The molecule has 22 heavy (non-hydrogen) atoms. The molecule has 2 aromatic carbocycles. The van der Waals surface area contributed by atoms with Gasteiger partial charge in [0.05, 0.1) is 5.76 Å². The summed E-state index contributed by atoms with van der Waals surface area (Å²) < 4.78 is 0. The van der Waals surface area contributed by atoms with Gasteiger partial charge in [-0.3, -0.25) is 0 Å². The topological polar surface area (TPSA) is 40.5 Å². The summed E-state index contributed by atoms with van der Waals surface area (Å²) in [6, 6.07) is 17.8. The number of rotatable bonds is 3. The van der Waals surface area contributed by atoms with Crippen LogP contribution in [-0.2, 0) is 5.41 Å². The van der Waals surface area contributed by atoms with Crippen molar-refractivity contribution in [1.29, 1.82) is 0 Å². The Morgan fingerprint density at radius 1 is 0.773 bits per heavy atom. The van der Waals surface area contributed by atoms with E-state index in [2.05, 4.69) is 19.1 Å². The zero-order valence-corrected chi connectivity index (χ0v) is 12.7. The second-order valence-electron chi connectivity index (χ2n) is 5.89. The third kappa shape index (κ3) is 2.52. The summed E-state index contributed by atoms with van der Waals surface area (Å²) in [6.07, 6.45) is 5.32. The molecule has 0 bridgehead atoms. The van der Waals surface area contributed by atoms with Crippen LogP contribution in [0.15, 0.2) is 78.1 Å². The van der Waals surface area contributed by atoms with Gasteiger partial charge in [0, 0.05) is 11.8 Å². The quantitative estimate of drug-likeness (QED) is 0.848. The number of hydrogen-bond donors (Lipinski definition) is 2. The van der Waals surface area contributed by atoms with Gasteiger partial charge in [-0.25, -0.2) is 0 Å². The van der Waals surface area contributed by atoms with Crippen LogP contribution in [0.25, 0.3) is 0 Å². The highest BCUT2D eigenvalue weighted by molar-refractivity contribution is 5.50. The highest BCUT2D eigenvalue weighted by atomic mass is 16.3. The van der Waals surface area contributed by atoms with Gasteiger partial charge in [0.2, 0.25) is 0 Å². The van der Waals surface area contributed by atoms with E-state index < -0.39 is 0 Å². The summed E-state index contributed by atoms with van der Waals surface area (Å²) in [7, 11) is 0. The van der Waals surface area contributed by atoms with Crippen molar-refractivity contribution in [3.63, 3.8) is 0 Å². The van der Waals surface area contributed by atoms with Crippen molar-refractivity contribution in [2.75, 3.05) is 0 Å². The molecule has 0 saturated carbocycles. The molecule has 1 unspecified atom stereocenters. The number of phenolic OH excluding ortho intramolecular Hbond substituents is 1. The third-order valence-electron chi connectivity index (χ3n) is 4.57. The fraction of sp³-hybridized carbons (Fsp3) is 0.200. The lowest BCUT2D eigenvalue weighted by molar-refractivity contribution is 0.382. The first-order chi connectivity index (χ1) is 10.6. The highest BCUT2D eigenvalue weighted by Gasteiger charge is 2.33. The predicted octanol–water partition coefficient (Wildman–Crippen LogP) is 4.86. The smallest absolute Gasteiger partial charge is 0.115 e. The van der Waals surface area contributed by atoms with Gasteiger partial charge in [-0.15, -0.1) is 0 Å². The number of phenols is 1. The van der Waals surface area contributed by atoms with Gasteiger partial charge in [0.15, 0.2) is 0 Å². The van der Waals surface area contributed by atoms with Crippen molar-refractivity contribution in [1.82, 2.24) is 0 Å². The summed E-state index contributed by atoms with van der Waals surface area (Å²) in [5.74, 6) is 0.708. The number of benzene rings is 2.